The summed E-state index contributed by atoms with van der Waals surface area (Å²) in [5, 5.41) is 9.64. The quantitative estimate of drug-likeness (QED) is 0.801. The molecule has 92 valence electrons. The number of Topliss-reactive ketones (excluding diaryl/α,β-unsaturated/α-hetero) is 1. The van der Waals surface area contributed by atoms with E-state index in [1.165, 1.54) is 0 Å². The maximum atomic E-state index is 12.0. The van der Waals surface area contributed by atoms with E-state index in [1.54, 1.807) is 31.4 Å². The topological polar surface area (TPSA) is 72.6 Å². The van der Waals surface area contributed by atoms with Crippen LogP contribution in [0.1, 0.15) is 24.8 Å². The van der Waals surface area contributed by atoms with Gasteiger partial charge in [0.15, 0.2) is 5.78 Å². The van der Waals surface area contributed by atoms with Crippen molar-refractivity contribution in [2.75, 3.05) is 7.11 Å². The highest BCUT2D eigenvalue weighted by atomic mass is 16.5. The fraction of sp³-hybridized carbons (Fsp3) is 0.462. The van der Waals surface area contributed by atoms with Crippen LogP contribution in [0.2, 0.25) is 0 Å². The van der Waals surface area contributed by atoms with Gasteiger partial charge in [0.2, 0.25) is 0 Å². The Morgan fingerprint density at radius 2 is 2.29 bits per heavy atom. The molecule has 0 heterocycles. The molecule has 3 N–H and O–H groups in total. The Labute approximate surface area is 100 Å². The number of hydrogen-bond acceptors (Lipinski definition) is 4. The summed E-state index contributed by atoms with van der Waals surface area (Å²) in [5.41, 5.74) is 5.80. The van der Waals surface area contributed by atoms with Crippen LogP contribution in [0.3, 0.4) is 0 Å². The van der Waals surface area contributed by atoms with Gasteiger partial charge in [0, 0.05) is 0 Å². The summed E-state index contributed by atoms with van der Waals surface area (Å²) in [6.45, 7) is 0. The zero-order chi connectivity index (χ0) is 12.5. The molecule has 4 heteroatoms. The number of ketones is 1. The molecular formula is C13H17NO3. The highest BCUT2D eigenvalue weighted by Gasteiger charge is 2.42. The molecule has 1 aliphatic carbocycles. The first-order valence-electron chi connectivity index (χ1n) is 5.74. The number of hydrogen-bond donors (Lipinski definition) is 2. The van der Waals surface area contributed by atoms with Crippen molar-refractivity contribution in [3.8, 4) is 5.75 Å². The fourth-order valence-corrected chi connectivity index (χ4v) is 2.31. The van der Waals surface area contributed by atoms with Crippen LogP contribution in [-0.4, -0.2) is 24.1 Å². The predicted molar refractivity (Wildman–Crippen MR) is 63.7 cm³/mol. The van der Waals surface area contributed by atoms with Gasteiger partial charge in [-0.1, -0.05) is 12.1 Å². The maximum Gasteiger partial charge on any atom is 0.185 e. The van der Waals surface area contributed by atoms with Gasteiger partial charge in [0.05, 0.1) is 7.11 Å². The van der Waals surface area contributed by atoms with Gasteiger partial charge in [-0.05, 0) is 37.0 Å². The SMILES string of the molecule is COc1cccc([C@]2(N)CCC[C@@H](O)C2=O)c1. The van der Waals surface area contributed by atoms with Crippen molar-refractivity contribution in [3.63, 3.8) is 0 Å². The van der Waals surface area contributed by atoms with E-state index in [1.807, 2.05) is 0 Å². The van der Waals surface area contributed by atoms with Crippen LogP contribution in [0, 0.1) is 0 Å². The summed E-state index contributed by atoms with van der Waals surface area (Å²) in [4.78, 5) is 12.0. The third-order valence-corrected chi connectivity index (χ3v) is 3.38. The first-order chi connectivity index (χ1) is 8.08. The second-order valence-corrected chi connectivity index (χ2v) is 4.48. The van der Waals surface area contributed by atoms with Crippen LogP contribution in [-0.2, 0) is 10.3 Å². The van der Waals surface area contributed by atoms with Gasteiger partial charge in [0.25, 0.3) is 0 Å². The van der Waals surface area contributed by atoms with Crippen LogP contribution < -0.4 is 10.5 Å². The Balaban J connectivity index is 2.39. The molecule has 0 aliphatic heterocycles. The molecule has 1 saturated carbocycles. The minimum atomic E-state index is -1.08. The Bertz CT molecular complexity index is 432. The highest BCUT2D eigenvalue weighted by Crippen LogP contribution is 2.33. The summed E-state index contributed by atoms with van der Waals surface area (Å²) in [5.74, 6) is 0.372. The van der Waals surface area contributed by atoms with Crippen molar-refractivity contribution in [1.29, 1.82) is 0 Å². The largest absolute Gasteiger partial charge is 0.497 e. The van der Waals surface area contributed by atoms with E-state index in [-0.39, 0.29) is 5.78 Å². The summed E-state index contributed by atoms with van der Waals surface area (Å²) in [6.07, 6.45) is 0.873. The van der Waals surface area contributed by atoms with E-state index >= 15 is 0 Å². The molecular weight excluding hydrogens is 218 g/mol. The van der Waals surface area contributed by atoms with E-state index in [0.29, 0.717) is 24.2 Å². The first-order valence-corrected chi connectivity index (χ1v) is 5.74. The van der Waals surface area contributed by atoms with Crippen molar-refractivity contribution < 1.29 is 14.6 Å². The highest BCUT2D eigenvalue weighted by molar-refractivity contribution is 5.93. The van der Waals surface area contributed by atoms with Crippen LogP contribution in [0.25, 0.3) is 0 Å². The number of rotatable bonds is 2. The molecule has 17 heavy (non-hydrogen) atoms. The van der Waals surface area contributed by atoms with Crippen LogP contribution in [0.5, 0.6) is 5.75 Å². The smallest absolute Gasteiger partial charge is 0.185 e. The Morgan fingerprint density at radius 3 is 3.00 bits per heavy atom. The molecule has 1 fully saturated rings. The van der Waals surface area contributed by atoms with Gasteiger partial charge in [-0.15, -0.1) is 0 Å². The summed E-state index contributed by atoms with van der Waals surface area (Å²) < 4.78 is 5.12. The lowest BCUT2D eigenvalue weighted by Gasteiger charge is -2.34. The van der Waals surface area contributed by atoms with Gasteiger partial charge in [-0.25, -0.2) is 0 Å². The number of aliphatic hydroxyl groups excluding tert-OH is 1. The zero-order valence-electron chi connectivity index (χ0n) is 9.85. The number of carbonyl (C=O) groups excluding carboxylic acids is 1. The monoisotopic (exact) mass is 235 g/mol. The van der Waals surface area contributed by atoms with E-state index in [9.17, 15) is 9.90 Å². The lowest BCUT2D eigenvalue weighted by Crippen LogP contribution is -2.52. The minimum absolute atomic E-state index is 0.294. The van der Waals surface area contributed by atoms with E-state index in [2.05, 4.69) is 0 Å². The molecule has 0 spiro atoms. The average molecular weight is 235 g/mol. The summed E-state index contributed by atoms with van der Waals surface area (Å²) in [6, 6.07) is 7.17. The number of methoxy groups -OCH3 is 1. The molecule has 1 aromatic carbocycles. The second kappa shape index (κ2) is 4.47. The molecule has 0 aromatic heterocycles. The molecule has 0 saturated heterocycles. The lowest BCUT2D eigenvalue weighted by atomic mass is 9.75. The number of ether oxygens (including phenoxy) is 1. The molecule has 2 rings (SSSR count). The molecule has 4 nitrogen and oxygen atoms in total. The third-order valence-electron chi connectivity index (χ3n) is 3.38. The predicted octanol–water partition coefficient (Wildman–Crippen LogP) is 0.963. The third kappa shape index (κ3) is 2.06. The van der Waals surface area contributed by atoms with Crippen LogP contribution in [0.4, 0.5) is 0 Å². The number of benzene rings is 1. The van der Waals surface area contributed by atoms with Gasteiger partial charge in [0.1, 0.15) is 17.4 Å². The van der Waals surface area contributed by atoms with Gasteiger partial charge in [-0.2, -0.15) is 0 Å². The molecule has 2 atom stereocenters. The first kappa shape index (κ1) is 12.1. The van der Waals surface area contributed by atoms with Crippen molar-refractivity contribution >= 4 is 5.78 Å². The fourth-order valence-electron chi connectivity index (χ4n) is 2.31. The standard InChI is InChI=1S/C13H17NO3/c1-17-10-5-2-4-9(8-10)13(14)7-3-6-11(15)12(13)16/h2,4-5,8,11,15H,3,6-7,14H2,1H3/t11-,13-/m1/s1. The van der Waals surface area contributed by atoms with Crippen molar-refractivity contribution in [2.45, 2.75) is 30.9 Å². The molecule has 1 aliphatic rings. The van der Waals surface area contributed by atoms with E-state index in [4.69, 9.17) is 10.5 Å². The number of aliphatic hydroxyl groups is 1. The van der Waals surface area contributed by atoms with Crippen LogP contribution in [0.15, 0.2) is 24.3 Å². The van der Waals surface area contributed by atoms with E-state index in [0.717, 1.165) is 6.42 Å². The molecule has 0 unspecified atom stereocenters. The van der Waals surface area contributed by atoms with Crippen molar-refractivity contribution in [1.82, 2.24) is 0 Å². The molecule has 0 bridgehead atoms. The molecule has 0 amide bonds. The average Bonchev–Trinajstić information content (AvgIpc) is 2.36. The maximum absolute atomic E-state index is 12.0. The van der Waals surface area contributed by atoms with Gasteiger partial charge < -0.3 is 15.6 Å². The normalized spacial score (nSPS) is 29.1. The Morgan fingerprint density at radius 1 is 1.53 bits per heavy atom. The number of nitrogens with two attached hydrogens (primary N) is 1. The minimum Gasteiger partial charge on any atom is -0.497 e. The zero-order valence-corrected chi connectivity index (χ0v) is 9.85. The molecule has 1 aromatic rings. The van der Waals surface area contributed by atoms with Gasteiger partial charge in [-0.3, -0.25) is 4.79 Å². The Kier molecular flexibility index (Phi) is 3.17. The lowest BCUT2D eigenvalue weighted by molar-refractivity contribution is -0.136. The Hall–Kier alpha value is -1.39. The van der Waals surface area contributed by atoms with Crippen LogP contribution >= 0.6 is 0 Å². The summed E-state index contributed by atoms with van der Waals surface area (Å²) in [7, 11) is 1.57. The molecule has 0 radical (unpaired) electrons. The van der Waals surface area contributed by atoms with Crippen molar-refractivity contribution in [3.05, 3.63) is 29.8 Å². The van der Waals surface area contributed by atoms with Gasteiger partial charge >= 0.3 is 0 Å². The summed E-state index contributed by atoms with van der Waals surface area (Å²) >= 11 is 0. The second-order valence-electron chi connectivity index (χ2n) is 4.48. The van der Waals surface area contributed by atoms with E-state index < -0.39 is 11.6 Å². The van der Waals surface area contributed by atoms with Crippen molar-refractivity contribution in [2.24, 2.45) is 5.73 Å². The number of carbonyl (C=O) groups is 1.